The van der Waals surface area contributed by atoms with E-state index < -0.39 is 31.5 Å². The van der Waals surface area contributed by atoms with Gasteiger partial charge in [-0.05, 0) is 6.42 Å². The van der Waals surface area contributed by atoms with Crippen LogP contribution in [-0.4, -0.2) is 40.4 Å². The van der Waals surface area contributed by atoms with Crippen molar-refractivity contribution < 1.29 is 22.9 Å². The fraction of sp³-hybridized carbons (Fsp3) is 0.833. The van der Waals surface area contributed by atoms with Gasteiger partial charge < -0.3 is 20.1 Å². The van der Waals surface area contributed by atoms with Crippen LogP contribution in [0.3, 0.4) is 0 Å². The first-order valence-corrected chi connectivity index (χ1v) is 2.88. The molecule has 3 atom stereocenters. The van der Waals surface area contributed by atoms with Crippen LogP contribution in [-0.2, 0) is 4.79 Å². The lowest BCUT2D eigenvalue weighted by Crippen LogP contribution is -2.29. The van der Waals surface area contributed by atoms with Crippen molar-refractivity contribution in [1.82, 2.24) is 0 Å². The molecule has 0 unspecified atom stereocenters. The average molecular weight is 150 g/mol. The van der Waals surface area contributed by atoms with Crippen LogP contribution in [0.1, 0.15) is 15.6 Å². The van der Waals surface area contributed by atoms with Gasteiger partial charge in [-0.15, -0.1) is 0 Å². The van der Waals surface area contributed by atoms with Gasteiger partial charge in [0.05, 0.1) is 12.7 Å². The Morgan fingerprint density at radius 2 is 2.20 bits per heavy atom. The third kappa shape index (κ3) is 3.55. The highest BCUT2D eigenvalue weighted by Gasteiger charge is 2.13. The molecule has 0 aliphatic heterocycles. The Balaban J connectivity index is 3.83. The summed E-state index contributed by atoms with van der Waals surface area (Å²) in [5, 5.41) is 26.1. The maximum Gasteiger partial charge on any atom is 0.120 e. The third-order valence-corrected chi connectivity index (χ3v) is 1.07. The van der Waals surface area contributed by atoms with Crippen molar-refractivity contribution >= 4 is 6.26 Å². The zero-order chi connectivity index (χ0) is 9.72. The Morgan fingerprint density at radius 1 is 1.60 bits per heavy atom. The molecule has 0 heterocycles. The molecular weight excluding hydrogens is 136 g/mol. The van der Waals surface area contributed by atoms with Crippen molar-refractivity contribution in [1.29, 1.82) is 0 Å². The summed E-state index contributed by atoms with van der Waals surface area (Å²) in [6, 6.07) is 0. The molecule has 0 saturated heterocycles. The van der Waals surface area contributed by atoms with Gasteiger partial charge >= 0.3 is 0 Å². The second-order valence-electron chi connectivity index (χ2n) is 1.87. The maximum atomic E-state index is 10.2. The minimum absolute atomic E-state index is 0.329. The third-order valence-electron chi connectivity index (χ3n) is 1.07. The zero-order valence-corrected chi connectivity index (χ0v) is 5.40. The number of hydrogen-bond acceptors (Lipinski definition) is 4. The van der Waals surface area contributed by atoms with Gasteiger partial charge in [0, 0.05) is 7.77 Å². The van der Waals surface area contributed by atoms with E-state index in [2.05, 4.69) is 0 Å². The van der Waals surface area contributed by atoms with E-state index >= 15 is 0 Å². The Labute approximate surface area is 61.9 Å². The number of carbonyl (C=O) groups is 1. The van der Waals surface area contributed by atoms with Gasteiger partial charge in [0.15, 0.2) is 0 Å². The largest absolute Gasteiger partial charge is 0.394 e. The number of hydrogen-bond donors (Lipinski definition) is 3. The molecule has 0 aromatic heterocycles. The summed E-state index contributed by atoms with van der Waals surface area (Å²) in [5.41, 5.74) is 0. The summed E-state index contributed by atoms with van der Waals surface area (Å²) < 4.78 is 13.4. The summed E-state index contributed by atoms with van der Waals surface area (Å²) in [6.45, 7) is -0.625. The minimum atomic E-state index is -1.36. The number of aldehydes is 1. The second kappa shape index (κ2) is 5.34. The van der Waals surface area contributed by atoms with Gasteiger partial charge in [-0.2, -0.15) is 0 Å². The van der Waals surface area contributed by atoms with Crippen molar-refractivity contribution in [3.8, 4) is 0 Å². The molecule has 0 spiro atoms. The molecule has 0 aliphatic rings. The normalized spacial score (nSPS) is 22.3. The molecule has 0 saturated carbocycles. The minimum Gasteiger partial charge on any atom is -0.394 e. The van der Waals surface area contributed by atoms with Gasteiger partial charge in [-0.25, -0.2) is 0 Å². The summed E-state index contributed by atoms with van der Waals surface area (Å²) in [5.74, 6) is 0. The second-order valence-corrected chi connectivity index (χ2v) is 1.87. The quantitative estimate of drug-likeness (QED) is 0.425. The molecule has 0 amide bonds. The average Bonchev–Trinajstić information content (AvgIpc) is 2.02. The van der Waals surface area contributed by atoms with Crippen molar-refractivity contribution in [2.75, 3.05) is 6.61 Å². The van der Waals surface area contributed by atoms with E-state index in [4.69, 9.17) is 18.1 Å². The van der Waals surface area contributed by atoms with E-state index in [9.17, 15) is 4.79 Å². The fourth-order valence-electron chi connectivity index (χ4n) is 0.448. The lowest BCUT2D eigenvalue weighted by atomic mass is 10.1. The van der Waals surface area contributed by atoms with Crippen LogP contribution >= 0.6 is 0 Å². The number of carbonyl (C=O) groups excluding carboxylic acids is 1. The number of aliphatic hydroxyl groups is 3. The van der Waals surface area contributed by atoms with Crippen molar-refractivity contribution in [3.05, 3.63) is 0 Å². The zero-order valence-electron chi connectivity index (χ0n) is 7.40. The smallest absolute Gasteiger partial charge is 0.120 e. The molecule has 4 heteroatoms. The van der Waals surface area contributed by atoms with Crippen molar-refractivity contribution in [2.45, 2.75) is 25.0 Å². The molecule has 4 nitrogen and oxygen atoms in total. The van der Waals surface area contributed by atoms with E-state index in [0.717, 1.165) is 0 Å². The molecule has 0 radical (unpaired) electrons. The number of aliphatic hydroxyl groups excluding tert-OH is 3. The summed E-state index contributed by atoms with van der Waals surface area (Å²) in [4.78, 5) is 10.2. The Morgan fingerprint density at radius 3 is 2.60 bits per heavy atom. The fourth-order valence-corrected chi connectivity index (χ4v) is 0.448. The van der Waals surface area contributed by atoms with Crippen LogP contribution in [0.2, 0.25) is 0 Å². The first kappa shape index (κ1) is 6.27. The van der Waals surface area contributed by atoms with Crippen LogP contribution in [0, 0.1) is 0 Å². The predicted molar refractivity (Wildman–Crippen MR) is 34.4 cm³/mol. The van der Waals surface area contributed by atoms with Gasteiger partial charge in [-0.1, -0.05) is 0 Å². The Bertz CT molecular complexity index is 152. The maximum absolute atomic E-state index is 10.2. The Hall–Kier alpha value is -0.450. The standard InChI is InChI=1S/C6H12O4/c7-3-1-2-5(9)6(10)4-8/h3,5-6,8-10H,1-2,4H2/t5-,6+/m0/s1/i1D,3D/t1-,5+,6-/m1. The first-order chi connectivity index (χ1) is 5.49. The van der Waals surface area contributed by atoms with Crippen LogP contribution < -0.4 is 0 Å². The van der Waals surface area contributed by atoms with Crippen LogP contribution in [0.15, 0.2) is 0 Å². The van der Waals surface area contributed by atoms with Crippen molar-refractivity contribution in [3.63, 3.8) is 0 Å². The molecule has 0 aromatic rings. The van der Waals surface area contributed by atoms with Gasteiger partial charge in [0.1, 0.15) is 13.7 Å². The highest BCUT2D eigenvalue weighted by atomic mass is 16.4. The van der Waals surface area contributed by atoms with E-state index in [1.54, 1.807) is 0 Å². The molecule has 0 aliphatic carbocycles. The van der Waals surface area contributed by atoms with Crippen molar-refractivity contribution in [2.24, 2.45) is 0 Å². The van der Waals surface area contributed by atoms with E-state index in [1.807, 2.05) is 0 Å². The molecule has 0 rings (SSSR count). The predicted octanol–water partition coefficient (Wildman–Crippen LogP) is -1.32. The van der Waals surface area contributed by atoms with Crippen LogP contribution in [0.5, 0.6) is 0 Å². The molecular formula is C6H12O4. The molecule has 3 N–H and O–H groups in total. The van der Waals surface area contributed by atoms with Gasteiger partial charge in [-0.3, -0.25) is 0 Å². The summed E-state index contributed by atoms with van der Waals surface area (Å²) >= 11 is 0. The topological polar surface area (TPSA) is 77.8 Å². The summed E-state index contributed by atoms with van der Waals surface area (Å²) in [6.07, 6.45) is -5.48. The number of rotatable bonds is 5. The van der Waals surface area contributed by atoms with E-state index in [0.29, 0.717) is 0 Å². The summed E-state index contributed by atoms with van der Waals surface area (Å²) in [7, 11) is 0. The molecule has 0 aromatic carbocycles. The molecule has 60 valence electrons. The molecule has 0 bridgehead atoms. The molecule has 0 fully saturated rings. The highest BCUT2D eigenvalue weighted by molar-refractivity contribution is 5.49. The van der Waals surface area contributed by atoms with Gasteiger partial charge in [0.2, 0.25) is 0 Å². The lowest BCUT2D eigenvalue weighted by Gasteiger charge is -2.13. The highest BCUT2D eigenvalue weighted by Crippen LogP contribution is 1.99. The van der Waals surface area contributed by atoms with Gasteiger partial charge in [0.25, 0.3) is 0 Å². The first-order valence-electron chi connectivity index (χ1n) is 3.96. The lowest BCUT2D eigenvalue weighted by molar-refractivity contribution is -0.108. The van der Waals surface area contributed by atoms with E-state index in [-0.39, 0.29) is 6.42 Å². The SMILES string of the molecule is [2H]C(=O)[C@H]([2H])C[C@H](O)[C@H](O)CO. The van der Waals surface area contributed by atoms with Crippen LogP contribution in [0.25, 0.3) is 0 Å². The van der Waals surface area contributed by atoms with Crippen LogP contribution in [0.4, 0.5) is 0 Å². The monoisotopic (exact) mass is 150 g/mol. The Kier molecular flexibility index (Phi) is 3.35. The molecule has 10 heavy (non-hydrogen) atoms. The van der Waals surface area contributed by atoms with E-state index in [1.165, 1.54) is 0 Å².